The smallest absolute Gasteiger partial charge is 0.347 e. The molecule has 0 saturated heterocycles. The van der Waals surface area contributed by atoms with Gasteiger partial charge in [-0.2, -0.15) is 4.79 Å². The van der Waals surface area contributed by atoms with Crippen molar-refractivity contribution in [3.63, 3.8) is 0 Å². The summed E-state index contributed by atoms with van der Waals surface area (Å²) in [6.07, 6.45) is 2.08. The molecule has 1 rings (SSSR count). The molecule has 10 heavy (non-hydrogen) atoms. The maximum absolute atomic E-state index is 10.7. The minimum atomic E-state index is -0.501. The monoisotopic (exact) mass is 141 g/mol. The third kappa shape index (κ3) is 1.15. The van der Waals surface area contributed by atoms with Crippen molar-refractivity contribution in [2.24, 2.45) is 0 Å². The Kier molecular flexibility index (Phi) is 1.71. The van der Waals surface area contributed by atoms with E-state index in [1.165, 1.54) is 6.20 Å². The standard InChI is InChI=1S/C6H8N2O2/c1-2-5-3-4-8(10)6(9)7-5/h3-4,10H,2H2,1H3/p+1. The minimum Gasteiger partial charge on any atom is -0.347 e. The maximum Gasteiger partial charge on any atom is 0.534 e. The molecule has 0 aliphatic heterocycles. The number of hydrogen-bond acceptors (Lipinski definition) is 2. The number of nitrogens with zero attached hydrogens (tertiary/aromatic N) is 1. The maximum atomic E-state index is 10.7. The molecule has 1 aromatic rings. The van der Waals surface area contributed by atoms with E-state index >= 15 is 0 Å². The molecule has 54 valence electrons. The zero-order valence-electron chi connectivity index (χ0n) is 5.66. The first kappa shape index (κ1) is 6.80. The van der Waals surface area contributed by atoms with E-state index in [2.05, 4.69) is 4.98 Å². The Balaban J connectivity index is 3.17. The Morgan fingerprint density at radius 3 is 3.00 bits per heavy atom. The van der Waals surface area contributed by atoms with Crippen LogP contribution in [0, 0.1) is 0 Å². The van der Waals surface area contributed by atoms with Gasteiger partial charge in [-0.15, -0.1) is 0 Å². The highest BCUT2D eigenvalue weighted by Crippen LogP contribution is 1.85. The molecule has 0 fully saturated rings. The number of hydrogen-bond donors (Lipinski definition) is 2. The molecular formula is C6H9N2O2+. The lowest BCUT2D eigenvalue weighted by Crippen LogP contribution is -2.48. The first-order valence-corrected chi connectivity index (χ1v) is 3.07. The predicted octanol–water partition coefficient (Wildman–Crippen LogP) is -0.538. The first-order valence-electron chi connectivity index (χ1n) is 3.07. The van der Waals surface area contributed by atoms with Crippen LogP contribution in [-0.4, -0.2) is 10.2 Å². The average Bonchev–Trinajstić information content (AvgIpc) is 1.95. The van der Waals surface area contributed by atoms with Gasteiger partial charge in [-0.25, -0.2) is 4.98 Å². The van der Waals surface area contributed by atoms with Gasteiger partial charge >= 0.3 is 5.69 Å². The van der Waals surface area contributed by atoms with Gasteiger partial charge < -0.3 is 5.21 Å². The number of H-pyrrole nitrogens is 1. The summed E-state index contributed by atoms with van der Waals surface area (Å²) in [5.41, 5.74) is 0.314. The van der Waals surface area contributed by atoms with Crippen molar-refractivity contribution in [2.45, 2.75) is 13.3 Å². The topological polar surface area (TPSA) is 57.0 Å². The van der Waals surface area contributed by atoms with Crippen LogP contribution in [0.5, 0.6) is 0 Å². The van der Waals surface area contributed by atoms with Gasteiger partial charge in [-0.1, -0.05) is 6.92 Å². The lowest BCUT2D eigenvalue weighted by molar-refractivity contribution is -0.917. The number of aryl methyl sites for hydroxylation is 1. The van der Waals surface area contributed by atoms with E-state index in [0.29, 0.717) is 4.73 Å². The summed E-state index contributed by atoms with van der Waals surface area (Å²) in [6.45, 7) is 1.92. The molecule has 2 N–H and O–H groups in total. The molecule has 0 bridgehead atoms. The van der Waals surface area contributed by atoms with Crippen LogP contribution in [-0.2, 0) is 6.42 Å². The lowest BCUT2D eigenvalue weighted by atomic mass is 10.3. The Labute approximate surface area is 57.7 Å². The van der Waals surface area contributed by atoms with Crippen LogP contribution < -0.4 is 10.4 Å². The van der Waals surface area contributed by atoms with Crippen molar-refractivity contribution in [1.29, 1.82) is 0 Å². The summed E-state index contributed by atoms with van der Waals surface area (Å²) in [5.74, 6) is 0. The van der Waals surface area contributed by atoms with Gasteiger partial charge in [-0.3, -0.25) is 0 Å². The Morgan fingerprint density at radius 2 is 2.50 bits per heavy atom. The van der Waals surface area contributed by atoms with Gasteiger partial charge in [0.1, 0.15) is 11.9 Å². The van der Waals surface area contributed by atoms with E-state index in [9.17, 15) is 4.79 Å². The molecular weight excluding hydrogens is 132 g/mol. The largest absolute Gasteiger partial charge is 0.534 e. The summed E-state index contributed by atoms with van der Waals surface area (Å²) in [7, 11) is 0. The van der Waals surface area contributed by atoms with Crippen molar-refractivity contribution >= 4 is 0 Å². The molecule has 0 unspecified atom stereocenters. The second-order valence-corrected chi connectivity index (χ2v) is 1.97. The molecule has 0 spiro atoms. The highest BCUT2D eigenvalue weighted by Gasteiger charge is 2.01. The van der Waals surface area contributed by atoms with E-state index in [0.717, 1.165) is 12.1 Å². The third-order valence-electron chi connectivity index (χ3n) is 1.27. The van der Waals surface area contributed by atoms with Gasteiger partial charge in [0.05, 0.1) is 0 Å². The van der Waals surface area contributed by atoms with E-state index < -0.39 is 5.69 Å². The van der Waals surface area contributed by atoms with Crippen LogP contribution in [0.1, 0.15) is 12.6 Å². The van der Waals surface area contributed by atoms with Crippen molar-refractivity contribution < 1.29 is 9.94 Å². The molecule has 4 nitrogen and oxygen atoms in total. The highest BCUT2D eigenvalue weighted by molar-refractivity contribution is 4.93. The van der Waals surface area contributed by atoms with Gasteiger partial charge in [0.2, 0.25) is 0 Å². The van der Waals surface area contributed by atoms with Crippen LogP contribution in [0.25, 0.3) is 0 Å². The zero-order chi connectivity index (χ0) is 7.56. The fraction of sp³-hybridized carbons (Fsp3) is 0.333. The van der Waals surface area contributed by atoms with Gasteiger partial charge in [0.15, 0.2) is 0 Å². The molecule has 0 aliphatic carbocycles. The van der Waals surface area contributed by atoms with Crippen molar-refractivity contribution in [2.75, 3.05) is 0 Å². The van der Waals surface area contributed by atoms with Crippen LogP contribution in [0.15, 0.2) is 17.1 Å². The fourth-order valence-electron chi connectivity index (χ4n) is 0.671. The predicted molar refractivity (Wildman–Crippen MR) is 33.8 cm³/mol. The van der Waals surface area contributed by atoms with E-state index in [1.807, 2.05) is 6.92 Å². The third-order valence-corrected chi connectivity index (χ3v) is 1.27. The second-order valence-electron chi connectivity index (χ2n) is 1.97. The molecule has 0 atom stereocenters. The molecule has 1 aromatic heterocycles. The summed E-state index contributed by atoms with van der Waals surface area (Å²) in [5, 5.41) is 8.71. The molecule has 0 amide bonds. The molecule has 4 heteroatoms. The molecule has 0 saturated carbocycles. The molecule has 0 aromatic carbocycles. The first-order chi connectivity index (χ1) is 4.74. The van der Waals surface area contributed by atoms with Crippen LogP contribution >= 0.6 is 0 Å². The Morgan fingerprint density at radius 1 is 1.80 bits per heavy atom. The van der Waals surface area contributed by atoms with Crippen molar-refractivity contribution in [3.8, 4) is 0 Å². The van der Waals surface area contributed by atoms with E-state index in [4.69, 9.17) is 5.21 Å². The van der Waals surface area contributed by atoms with Gasteiger partial charge in [-0.05, 0) is 4.73 Å². The fourth-order valence-corrected chi connectivity index (χ4v) is 0.671. The minimum absolute atomic E-state index is 0.501. The number of aromatic amines is 1. The summed E-state index contributed by atoms with van der Waals surface area (Å²) < 4.78 is 0.513. The van der Waals surface area contributed by atoms with Gasteiger partial charge in [0, 0.05) is 12.5 Å². The summed E-state index contributed by atoms with van der Waals surface area (Å²) in [6, 6.07) is 1.65. The quantitative estimate of drug-likeness (QED) is 0.407. The van der Waals surface area contributed by atoms with Crippen LogP contribution in [0.2, 0.25) is 0 Å². The SMILES string of the molecule is CCc1cc[n+](O)c(=O)[nH]1. The highest BCUT2D eigenvalue weighted by atomic mass is 16.5. The average molecular weight is 141 g/mol. The molecule has 1 heterocycles. The summed E-state index contributed by atoms with van der Waals surface area (Å²) >= 11 is 0. The van der Waals surface area contributed by atoms with Gasteiger partial charge in [0.25, 0.3) is 0 Å². The second kappa shape index (κ2) is 2.51. The normalized spacial score (nSPS) is 9.70. The van der Waals surface area contributed by atoms with E-state index in [1.54, 1.807) is 6.07 Å². The number of nitrogens with one attached hydrogen (secondary N) is 1. The van der Waals surface area contributed by atoms with Crippen LogP contribution in [0.3, 0.4) is 0 Å². The molecule has 0 radical (unpaired) electrons. The lowest BCUT2D eigenvalue weighted by Gasteiger charge is -1.87. The van der Waals surface area contributed by atoms with Crippen LogP contribution in [0.4, 0.5) is 0 Å². The summed E-state index contributed by atoms with van der Waals surface area (Å²) in [4.78, 5) is 13.1. The number of rotatable bonds is 1. The van der Waals surface area contributed by atoms with E-state index in [-0.39, 0.29) is 0 Å². The molecule has 0 aliphatic rings. The Bertz CT molecular complexity index is 279. The van der Waals surface area contributed by atoms with Crippen molar-refractivity contribution in [1.82, 2.24) is 4.98 Å². The Hall–Kier alpha value is -1.32. The number of aromatic nitrogens is 2. The van der Waals surface area contributed by atoms with Crippen molar-refractivity contribution in [3.05, 3.63) is 28.4 Å². The zero-order valence-corrected chi connectivity index (χ0v) is 5.66.